The number of sulfonamides is 2. The quantitative estimate of drug-likeness (QED) is 0.0921. The maximum atomic E-state index is 13.3. The number of aryl methyl sites for hydroxylation is 1. The van der Waals surface area contributed by atoms with Crippen LogP contribution in [0.5, 0.6) is 0 Å². The molecule has 6 aromatic rings. The Balaban J connectivity index is 0.000000197. The summed E-state index contributed by atoms with van der Waals surface area (Å²) in [5, 5.41) is 9.23. The summed E-state index contributed by atoms with van der Waals surface area (Å²) in [7, 11) is -7.94. The van der Waals surface area contributed by atoms with Crippen molar-refractivity contribution in [2.45, 2.75) is 92.1 Å². The summed E-state index contributed by atoms with van der Waals surface area (Å²) in [6.07, 6.45) is -1.21. The van der Waals surface area contributed by atoms with E-state index in [1.165, 1.54) is 65.1 Å². The molecule has 0 radical (unpaired) electrons. The van der Waals surface area contributed by atoms with Crippen LogP contribution in [-0.2, 0) is 55.0 Å². The lowest BCUT2D eigenvalue weighted by atomic mass is 9.91. The predicted octanol–water partition coefficient (Wildman–Crippen LogP) is 7.13. The predicted molar refractivity (Wildman–Crippen MR) is 244 cm³/mol. The molecule has 2 saturated heterocycles. The van der Waals surface area contributed by atoms with Crippen LogP contribution in [0, 0.1) is 11.6 Å². The maximum absolute atomic E-state index is 13.3. The first-order chi connectivity index (χ1) is 34.2. The lowest BCUT2D eigenvalue weighted by Gasteiger charge is -2.33. The van der Waals surface area contributed by atoms with Gasteiger partial charge in [-0.15, -0.1) is 0 Å². The highest BCUT2D eigenvalue weighted by atomic mass is 32.2. The molecule has 26 heteroatoms. The molecular formula is C47H46F8N9O7S2+. The van der Waals surface area contributed by atoms with Gasteiger partial charge in [0.2, 0.25) is 26.4 Å². The van der Waals surface area contributed by atoms with Crippen LogP contribution in [0.4, 0.5) is 35.1 Å². The van der Waals surface area contributed by atoms with Gasteiger partial charge in [0.25, 0.3) is 0 Å². The summed E-state index contributed by atoms with van der Waals surface area (Å²) >= 11 is 0. The van der Waals surface area contributed by atoms with E-state index in [0.29, 0.717) is 42.2 Å². The summed E-state index contributed by atoms with van der Waals surface area (Å²) in [5.41, 5.74) is 2.75. The van der Waals surface area contributed by atoms with E-state index in [9.17, 15) is 66.7 Å². The Kier molecular flexibility index (Phi) is 16.9. The first kappa shape index (κ1) is 55.6. The van der Waals surface area contributed by atoms with Crippen LogP contribution in [0.2, 0.25) is 0 Å². The Morgan fingerprint density at radius 3 is 1.66 bits per heavy atom. The highest BCUT2D eigenvalue weighted by molar-refractivity contribution is 7.89. The van der Waals surface area contributed by atoms with Crippen molar-refractivity contribution in [3.63, 3.8) is 0 Å². The van der Waals surface area contributed by atoms with Gasteiger partial charge in [-0.2, -0.15) is 35.0 Å². The Bertz CT molecular complexity index is 3140. The number of aromatic nitrogens is 6. The molecule has 2 aromatic carbocycles. The van der Waals surface area contributed by atoms with Crippen LogP contribution in [0.1, 0.15) is 68.5 Å². The van der Waals surface area contributed by atoms with E-state index in [0.717, 1.165) is 65.1 Å². The number of nitrogens with two attached hydrogens (primary N) is 1. The van der Waals surface area contributed by atoms with Gasteiger partial charge in [-0.3, -0.25) is 14.6 Å². The second-order valence-corrected chi connectivity index (χ2v) is 20.7. The number of carboxylic acids is 1. The van der Waals surface area contributed by atoms with Gasteiger partial charge in [-0.25, -0.2) is 45.1 Å². The van der Waals surface area contributed by atoms with Crippen LogP contribution in [0.15, 0.2) is 126 Å². The summed E-state index contributed by atoms with van der Waals surface area (Å²) in [5.74, 6) is -2.10. The van der Waals surface area contributed by atoms with Crippen molar-refractivity contribution in [1.29, 1.82) is 0 Å². The average Bonchev–Trinajstić information content (AvgIpc) is 3.98. The zero-order valence-corrected chi connectivity index (χ0v) is 40.4. The molecule has 6 heterocycles. The zero-order valence-electron chi connectivity index (χ0n) is 38.7. The Labute approximate surface area is 413 Å². The number of aliphatic carboxylic acids is 1. The molecule has 16 nitrogen and oxygen atoms in total. The number of halogens is 8. The molecule has 0 amide bonds. The van der Waals surface area contributed by atoms with Crippen LogP contribution in [0.25, 0.3) is 17.2 Å². The zero-order chi connectivity index (χ0) is 53.6. The number of ketones is 1. The van der Waals surface area contributed by atoms with Gasteiger partial charge in [0.15, 0.2) is 5.78 Å². The summed E-state index contributed by atoms with van der Waals surface area (Å²) < 4.78 is 156. The summed E-state index contributed by atoms with van der Waals surface area (Å²) in [6, 6.07) is 16.1. The van der Waals surface area contributed by atoms with E-state index in [-0.39, 0.29) is 60.2 Å². The molecule has 388 valence electrons. The number of nitrogens with zero attached hydrogens (tertiary/aromatic N) is 8. The van der Waals surface area contributed by atoms with E-state index in [2.05, 4.69) is 24.9 Å². The average molecular weight is 1070 g/mol. The number of rotatable bonds is 12. The minimum Gasteiger partial charge on any atom is -0.480 e. The summed E-state index contributed by atoms with van der Waals surface area (Å²) in [6.45, 7) is 3.54. The van der Waals surface area contributed by atoms with Crippen LogP contribution in [0.3, 0.4) is 0 Å². The van der Waals surface area contributed by atoms with Crippen molar-refractivity contribution < 1.29 is 71.2 Å². The number of pyridine rings is 2. The standard InChI is InChI=1S/C24H22F4N4O3S.C12H14FNO4S.C11H10F3N4/c1-23(11-2-12-32(23)36(34,35)19-7-4-17(25)5-8-19)22(33)10-6-18-13-21(31-15-30-18)20-9-3-16(14-29-20)24(26,27)28;1-12(11(15)16)7-2-8-14(12)19(17,18)10-5-3-9(13)4-6-10;12-11(13,14)8-1-3-18(4-2-8)10-5-9(6-15)16-7-17-10/h3-5,7-9,13-15H,2,6,10-12H2,1H3;3-6H,2,7-8H2,1H3,(H,15,16);1-5,7H,6,15H2/q;;+1/t23-;12-;/m00./s1. The summed E-state index contributed by atoms with van der Waals surface area (Å²) in [4.78, 5) is 44.2. The third kappa shape index (κ3) is 12.9. The lowest BCUT2D eigenvalue weighted by Crippen LogP contribution is -2.50. The van der Waals surface area contributed by atoms with Gasteiger partial charge in [0.1, 0.15) is 23.5 Å². The largest absolute Gasteiger partial charge is 0.480 e. The highest BCUT2D eigenvalue weighted by Gasteiger charge is 2.50. The van der Waals surface area contributed by atoms with Gasteiger partial charge in [0.05, 0.1) is 62.0 Å². The van der Waals surface area contributed by atoms with Gasteiger partial charge >= 0.3 is 24.1 Å². The fourth-order valence-electron chi connectivity index (χ4n) is 7.91. The van der Waals surface area contributed by atoms with Crippen molar-refractivity contribution in [2.75, 3.05) is 13.1 Å². The monoisotopic (exact) mass is 1060 g/mol. The van der Waals surface area contributed by atoms with E-state index in [1.807, 2.05) is 0 Å². The molecule has 2 aliphatic rings. The number of carboxylic acid groups (broad SMARTS) is 1. The molecule has 0 saturated carbocycles. The maximum Gasteiger partial charge on any atom is 0.417 e. The van der Waals surface area contributed by atoms with E-state index in [1.54, 1.807) is 13.0 Å². The Hall–Kier alpha value is -6.74. The molecule has 0 spiro atoms. The number of alkyl halides is 6. The van der Waals surface area contributed by atoms with Gasteiger partial charge < -0.3 is 10.8 Å². The van der Waals surface area contributed by atoms with Crippen molar-refractivity contribution in [1.82, 2.24) is 33.5 Å². The molecule has 3 N–H and O–H groups in total. The normalized spacial score (nSPS) is 18.6. The fraction of sp³-hybridized carbons (Fsp3) is 0.319. The second-order valence-electron chi connectivity index (χ2n) is 16.9. The van der Waals surface area contributed by atoms with Crippen molar-refractivity contribution in [2.24, 2.45) is 5.73 Å². The van der Waals surface area contributed by atoms with Crippen molar-refractivity contribution in [3.8, 4) is 17.2 Å². The molecule has 2 atom stereocenters. The molecule has 0 aliphatic carbocycles. The molecule has 8 rings (SSSR count). The van der Waals surface area contributed by atoms with Crippen molar-refractivity contribution in [3.05, 3.63) is 150 Å². The third-order valence-corrected chi connectivity index (χ3v) is 16.1. The third-order valence-electron chi connectivity index (χ3n) is 12.0. The van der Waals surface area contributed by atoms with E-state index < -0.39 is 72.2 Å². The smallest absolute Gasteiger partial charge is 0.417 e. The van der Waals surface area contributed by atoms with E-state index in [4.69, 9.17) is 5.73 Å². The number of carbonyl (C=O) groups is 2. The minimum atomic E-state index is -4.50. The molecule has 2 aliphatic heterocycles. The number of carbonyl (C=O) groups excluding carboxylic acids is 1. The Morgan fingerprint density at radius 1 is 0.658 bits per heavy atom. The SMILES string of the molecule is C[C@@]1(C(=O)CCc2cc(-c3ccc(C(F)(F)F)cn3)ncn2)CCCN1S(=O)(=O)c1ccc(F)cc1.C[C@@]1(C(=O)O)CCCN1S(=O)(=O)c1ccc(F)cc1.NCc1cc(-[n+]2ccc(C(F)(F)F)cc2)ncn1. The van der Waals surface area contributed by atoms with Gasteiger partial charge in [0, 0.05) is 37.9 Å². The van der Waals surface area contributed by atoms with Gasteiger partial charge in [-0.1, -0.05) is 0 Å². The fourth-order valence-corrected chi connectivity index (χ4v) is 11.5. The number of hydrogen-bond donors (Lipinski definition) is 2. The first-order valence-corrected chi connectivity index (χ1v) is 24.9. The first-order valence-electron chi connectivity index (χ1n) is 22.0. The molecule has 0 bridgehead atoms. The van der Waals surface area contributed by atoms with Gasteiger partial charge in [-0.05, 0) is 130 Å². The second kappa shape index (κ2) is 22.2. The highest BCUT2D eigenvalue weighted by Crippen LogP contribution is 2.37. The molecule has 0 unspecified atom stereocenters. The molecule has 2 fully saturated rings. The molecule has 4 aromatic heterocycles. The van der Waals surface area contributed by atoms with Crippen LogP contribution in [-0.4, -0.2) is 91.4 Å². The molecule has 73 heavy (non-hydrogen) atoms. The lowest BCUT2D eigenvalue weighted by molar-refractivity contribution is -0.600. The number of hydrogen-bond acceptors (Lipinski definition) is 12. The van der Waals surface area contributed by atoms with Crippen LogP contribution >= 0.6 is 0 Å². The van der Waals surface area contributed by atoms with Crippen LogP contribution < -0.4 is 10.3 Å². The number of benzene rings is 2. The van der Waals surface area contributed by atoms with E-state index >= 15 is 0 Å². The number of Topliss-reactive ketones (excluding diaryl/α,β-unsaturated/α-hetero) is 1. The molecular weight excluding hydrogens is 1020 g/mol. The van der Waals surface area contributed by atoms with Crippen molar-refractivity contribution >= 4 is 31.8 Å². The topological polar surface area (TPSA) is 223 Å². The Morgan fingerprint density at radius 2 is 1.16 bits per heavy atom. The minimum absolute atomic E-state index is 0.0111.